The molecule has 0 aromatic heterocycles. The molecular formula is C6H15O12P3S3. The topological polar surface area (TPSA) is 207 Å². The molecule has 0 saturated heterocycles. The maximum absolute atomic E-state index is 11.3. The van der Waals surface area contributed by atoms with Crippen molar-refractivity contribution < 1.29 is 57.9 Å². The van der Waals surface area contributed by atoms with Gasteiger partial charge in [0.05, 0.1) is 0 Å². The molecule has 0 heterocycles. The van der Waals surface area contributed by atoms with Gasteiger partial charge in [-0.25, -0.2) is 4.57 Å². The van der Waals surface area contributed by atoms with Gasteiger partial charge in [-0.3, -0.25) is 13.6 Å². The summed E-state index contributed by atoms with van der Waals surface area (Å²) in [7, 11) is 0. The predicted octanol–water partition coefficient (Wildman–Crippen LogP) is -2.31. The van der Waals surface area contributed by atoms with E-state index in [4.69, 9.17) is 14.7 Å². The highest BCUT2D eigenvalue weighted by Gasteiger charge is 2.55. The maximum atomic E-state index is 11.3. The van der Waals surface area contributed by atoms with Crippen molar-refractivity contribution in [2.24, 2.45) is 0 Å². The fourth-order valence-corrected chi connectivity index (χ4v) is 4.62. The Morgan fingerprint density at radius 2 is 1.04 bits per heavy atom. The molecule has 0 bridgehead atoms. The molecule has 1 aliphatic rings. The van der Waals surface area contributed by atoms with Gasteiger partial charge in [-0.1, -0.05) is 12.2 Å². The van der Waals surface area contributed by atoms with E-state index in [1.165, 1.54) is 0 Å². The Hall–Kier alpha value is 1.44. The summed E-state index contributed by atoms with van der Waals surface area (Å²) >= 11 is 11.6. The van der Waals surface area contributed by atoms with Gasteiger partial charge >= 0.3 is 20.2 Å². The fourth-order valence-electron chi connectivity index (χ4n) is 2.01. The van der Waals surface area contributed by atoms with Crippen LogP contribution in [0.3, 0.4) is 0 Å². The molecule has 1 rings (SSSR count). The van der Waals surface area contributed by atoms with Crippen molar-refractivity contribution >= 4 is 56.1 Å². The van der Waals surface area contributed by atoms with Gasteiger partial charge in [0.25, 0.3) is 0 Å². The summed E-state index contributed by atoms with van der Waals surface area (Å²) in [5, 5.41) is 30.0. The highest BCUT2D eigenvalue weighted by Crippen LogP contribution is 2.53. The molecule has 1 unspecified atom stereocenters. The molecule has 0 aliphatic heterocycles. The second-order valence-electron chi connectivity index (χ2n) is 4.65. The minimum atomic E-state index is -4.62. The summed E-state index contributed by atoms with van der Waals surface area (Å²) in [5.41, 5.74) is 0. The summed E-state index contributed by atoms with van der Waals surface area (Å²) in [6, 6.07) is 0. The zero-order chi connectivity index (χ0) is 19.1. The average molecular weight is 468 g/mol. The van der Waals surface area contributed by atoms with Crippen molar-refractivity contribution in [2.75, 3.05) is 0 Å². The molecule has 144 valence electrons. The lowest BCUT2D eigenvalue weighted by Crippen LogP contribution is -2.65. The molecule has 0 spiro atoms. The first-order valence-electron chi connectivity index (χ1n) is 5.78. The van der Waals surface area contributed by atoms with Crippen molar-refractivity contribution in [1.82, 2.24) is 0 Å². The number of thiol groups is 1. The number of aliphatic hydroxyl groups excluding tert-OH is 3. The smallest absolute Gasteiger partial charge is 0.383 e. The number of aliphatic hydroxyl groups is 3. The van der Waals surface area contributed by atoms with Crippen molar-refractivity contribution in [3.05, 3.63) is 0 Å². The molecule has 0 radical (unpaired) electrons. The Kier molecular flexibility index (Phi) is 8.03. The summed E-state index contributed by atoms with van der Waals surface area (Å²) in [4.78, 5) is 45.8. The molecule has 8 N–H and O–H groups in total. The van der Waals surface area contributed by atoms with Gasteiger partial charge in [-0.15, -0.1) is 0 Å². The van der Waals surface area contributed by atoms with Gasteiger partial charge < -0.3 is 39.8 Å². The van der Waals surface area contributed by atoms with Crippen LogP contribution >= 0.6 is 32.5 Å². The Morgan fingerprint density at radius 3 is 1.42 bits per heavy atom. The first kappa shape index (κ1) is 23.5. The van der Waals surface area contributed by atoms with Crippen LogP contribution in [0.5, 0.6) is 0 Å². The Labute approximate surface area is 150 Å². The van der Waals surface area contributed by atoms with Crippen LogP contribution in [0, 0.1) is 0 Å². The lowest BCUT2D eigenvalue weighted by molar-refractivity contribution is -0.207. The normalized spacial score (nSPS) is 37.9. The highest BCUT2D eigenvalue weighted by atomic mass is 32.7. The van der Waals surface area contributed by atoms with E-state index < -0.39 is 56.9 Å². The molecule has 0 amide bonds. The van der Waals surface area contributed by atoms with Crippen LogP contribution in [-0.2, 0) is 41.8 Å². The summed E-state index contributed by atoms with van der Waals surface area (Å²) in [6.07, 6.45) is -12.3. The SMILES string of the molecule is O=P(O)(S)O[C@@H]1[C@@H](O)[C@H](OP(O)(O)=S)[C@H](O)[C@@H](O)[C@H]1OP(O)(O)=S. The third-order valence-electron chi connectivity index (χ3n) is 2.80. The van der Waals surface area contributed by atoms with E-state index in [0.29, 0.717) is 0 Å². The number of hydrogen-bond acceptors (Lipinski definition) is 9. The zero-order valence-corrected chi connectivity index (χ0v) is 16.5. The Balaban J connectivity index is 3.23. The van der Waals surface area contributed by atoms with Gasteiger partial charge in [0.15, 0.2) is 0 Å². The number of rotatable bonds is 6. The van der Waals surface area contributed by atoms with Gasteiger partial charge in [-0.2, -0.15) is 0 Å². The monoisotopic (exact) mass is 468 g/mol. The Bertz CT molecular complexity index is 585. The summed E-state index contributed by atoms with van der Waals surface area (Å²) in [6.45, 7) is -13.5. The minimum Gasteiger partial charge on any atom is -0.387 e. The average Bonchev–Trinajstić information content (AvgIpc) is 2.32. The molecule has 0 aromatic carbocycles. The first-order valence-corrected chi connectivity index (χ1v) is 13.8. The highest BCUT2D eigenvalue weighted by molar-refractivity contribution is 8.44. The van der Waals surface area contributed by atoms with Crippen molar-refractivity contribution in [2.45, 2.75) is 36.6 Å². The van der Waals surface area contributed by atoms with Crippen LogP contribution < -0.4 is 0 Å². The van der Waals surface area contributed by atoms with Crippen molar-refractivity contribution in [3.63, 3.8) is 0 Å². The van der Waals surface area contributed by atoms with E-state index in [2.05, 4.69) is 49.4 Å². The standard InChI is InChI=1S/C6H15O12P3S3/c7-1-2(8)5(17-20(12,13)23)6(18-21(14,15)24)3(9)4(1)16-19(10,11)22/h1-9H,(H2,10,11,22)(H2,12,13,23)(H2,14,15,24)/t1-,2-,3+,4-,5-,6-/m1/s1. The third-order valence-corrected chi connectivity index (χ3v) is 5.15. The maximum Gasteiger partial charge on any atom is 0.383 e. The van der Waals surface area contributed by atoms with E-state index in [9.17, 15) is 29.7 Å². The molecule has 0 aromatic rings. The summed E-state index contributed by atoms with van der Waals surface area (Å²) < 4.78 is 24.9. The van der Waals surface area contributed by atoms with E-state index in [1.54, 1.807) is 0 Å². The first-order chi connectivity index (χ1) is 10.5. The molecule has 12 nitrogen and oxygen atoms in total. The lowest BCUT2D eigenvalue weighted by Gasteiger charge is -2.45. The van der Waals surface area contributed by atoms with Gasteiger partial charge in [0.1, 0.15) is 36.6 Å². The van der Waals surface area contributed by atoms with E-state index >= 15 is 0 Å². The zero-order valence-electron chi connectivity index (χ0n) is 11.3. The van der Waals surface area contributed by atoms with E-state index in [0.717, 1.165) is 0 Å². The third kappa shape index (κ3) is 7.22. The molecule has 1 aliphatic carbocycles. The van der Waals surface area contributed by atoms with E-state index in [1.807, 2.05) is 0 Å². The van der Waals surface area contributed by atoms with Crippen LogP contribution in [0.1, 0.15) is 0 Å². The Morgan fingerprint density at radius 1 is 0.708 bits per heavy atom. The van der Waals surface area contributed by atoms with Gasteiger partial charge in [0, 0.05) is 0 Å². The van der Waals surface area contributed by atoms with E-state index in [-0.39, 0.29) is 0 Å². The van der Waals surface area contributed by atoms with Crippen LogP contribution in [0.4, 0.5) is 0 Å². The largest absolute Gasteiger partial charge is 0.387 e. The van der Waals surface area contributed by atoms with Crippen LogP contribution in [0.25, 0.3) is 0 Å². The lowest BCUT2D eigenvalue weighted by atomic mass is 9.85. The predicted molar refractivity (Wildman–Crippen MR) is 88.9 cm³/mol. The minimum absolute atomic E-state index is 1.97. The molecule has 7 atom stereocenters. The molecule has 18 heteroatoms. The quantitative estimate of drug-likeness (QED) is 0.148. The van der Waals surface area contributed by atoms with Gasteiger partial charge in [-0.05, 0) is 23.6 Å². The molecule has 24 heavy (non-hydrogen) atoms. The molecule has 1 fully saturated rings. The van der Waals surface area contributed by atoms with Crippen molar-refractivity contribution in [1.29, 1.82) is 0 Å². The number of hydrogen-bond donors (Lipinski definition) is 9. The van der Waals surface area contributed by atoms with Crippen molar-refractivity contribution in [3.8, 4) is 0 Å². The molecular weight excluding hydrogens is 453 g/mol. The van der Waals surface area contributed by atoms with Gasteiger partial charge in [0.2, 0.25) is 0 Å². The van der Waals surface area contributed by atoms with Crippen LogP contribution in [-0.4, -0.2) is 76.4 Å². The second-order valence-corrected chi connectivity index (χ2v) is 12.6. The molecule has 1 saturated carbocycles. The van der Waals surface area contributed by atoms with Crippen LogP contribution in [0.15, 0.2) is 0 Å². The second kappa shape index (κ2) is 8.21. The fraction of sp³-hybridized carbons (Fsp3) is 1.00. The summed E-state index contributed by atoms with van der Waals surface area (Å²) in [5.74, 6) is 0. The van der Waals surface area contributed by atoms with Crippen LogP contribution in [0.2, 0.25) is 0 Å².